The summed E-state index contributed by atoms with van der Waals surface area (Å²) >= 11 is 1.41. The lowest BCUT2D eigenvalue weighted by Crippen LogP contribution is -2.15. The monoisotopic (exact) mass is 229 g/mol. The van der Waals surface area contributed by atoms with Crippen LogP contribution in [0.25, 0.3) is 0 Å². The maximum atomic E-state index is 9.21. The highest BCUT2D eigenvalue weighted by Crippen LogP contribution is 2.20. The molecule has 0 bridgehead atoms. The Morgan fingerprint density at radius 3 is 2.93 bits per heavy atom. The fraction of sp³-hybridized carbons (Fsp3) is 0.556. The van der Waals surface area contributed by atoms with Crippen LogP contribution in [0.1, 0.15) is 5.56 Å². The third kappa shape index (κ3) is 3.65. The normalized spacial score (nSPS) is 12.5. The van der Waals surface area contributed by atoms with Crippen LogP contribution in [-0.4, -0.2) is 45.7 Å². The van der Waals surface area contributed by atoms with E-state index >= 15 is 0 Å². The Kier molecular flexibility index (Phi) is 4.80. The molecule has 1 aromatic heterocycles. The minimum atomic E-state index is -0.706. The zero-order valence-corrected chi connectivity index (χ0v) is 9.58. The summed E-state index contributed by atoms with van der Waals surface area (Å²) in [5.74, 6) is 0.985. The molecule has 0 aliphatic heterocycles. The van der Waals surface area contributed by atoms with Crippen molar-refractivity contribution >= 4 is 17.7 Å². The molecule has 6 heteroatoms. The van der Waals surface area contributed by atoms with Gasteiger partial charge in [-0.05, 0) is 12.5 Å². The van der Waals surface area contributed by atoms with Gasteiger partial charge in [0, 0.05) is 19.0 Å². The second-order valence-corrected chi connectivity index (χ2v) is 4.09. The van der Waals surface area contributed by atoms with Crippen LogP contribution in [0.3, 0.4) is 0 Å². The number of aryl methyl sites for hydroxylation is 1. The smallest absolute Gasteiger partial charge is 0.223 e. The van der Waals surface area contributed by atoms with E-state index in [0.717, 1.165) is 10.6 Å². The highest BCUT2D eigenvalue weighted by Gasteiger charge is 2.07. The van der Waals surface area contributed by atoms with Crippen molar-refractivity contribution in [2.45, 2.75) is 18.1 Å². The quantitative estimate of drug-likeness (QED) is 0.497. The summed E-state index contributed by atoms with van der Waals surface area (Å²) in [4.78, 5) is 8.30. The molecule has 0 aromatic carbocycles. The Morgan fingerprint density at radius 1 is 1.60 bits per heavy atom. The summed E-state index contributed by atoms with van der Waals surface area (Å²) in [5.41, 5.74) is 0.962. The molecule has 84 valence electrons. The first-order valence-corrected chi connectivity index (χ1v) is 5.59. The number of hydrogen-bond acceptors (Lipinski definition) is 6. The van der Waals surface area contributed by atoms with Crippen LogP contribution < -0.4 is 5.32 Å². The van der Waals surface area contributed by atoms with Gasteiger partial charge in [-0.1, -0.05) is 0 Å². The number of aromatic nitrogens is 2. The van der Waals surface area contributed by atoms with Crippen molar-refractivity contribution in [1.29, 1.82) is 0 Å². The molecule has 1 aromatic rings. The van der Waals surface area contributed by atoms with Gasteiger partial charge in [0.15, 0.2) is 0 Å². The van der Waals surface area contributed by atoms with Crippen LogP contribution >= 0.6 is 11.8 Å². The summed E-state index contributed by atoms with van der Waals surface area (Å²) in [6.07, 6.45) is 1.02. The molecule has 0 spiro atoms. The van der Waals surface area contributed by atoms with E-state index in [1.54, 1.807) is 13.2 Å². The van der Waals surface area contributed by atoms with Gasteiger partial charge in [-0.15, -0.1) is 11.8 Å². The Morgan fingerprint density at radius 2 is 2.33 bits per heavy atom. The van der Waals surface area contributed by atoms with Gasteiger partial charge in [-0.2, -0.15) is 0 Å². The van der Waals surface area contributed by atoms with Crippen molar-refractivity contribution in [2.75, 3.05) is 24.7 Å². The van der Waals surface area contributed by atoms with E-state index in [2.05, 4.69) is 15.3 Å². The molecular formula is C9H15N3O2S. The van der Waals surface area contributed by atoms with Gasteiger partial charge in [0.05, 0.1) is 12.7 Å². The van der Waals surface area contributed by atoms with Crippen molar-refractivity contribution in [3.8, 4) is 0 Å². The molecule has 1 unspecified atom stereocenters. The van der Waals surface area contributed by atoms with Crippen molar-refractivity contribution < 1.29 is 10.2 Å². The maximum Gasteiger partial charge on any atom is 0.223 e. The number of rotatable bonds is 5. The molecule has 0 aliphatic rings. The Hall–Kier alpha value is -0.850. The summed E-state index contributed by atoms with van der Waals surface area (Å²) in [7, 11) is 1.75. The van der Waals surface area contributed by atoms with Crippen molar-refractivity contribution in [3.63, 3.8) is 0 Å². The zero-order chi connectivity index (χ0) is 11.3. The minimum Gasteiger partial charge on any atom is -0.394 e. The molecule has 3 N–H and O–H groups in total. The molecule has 15 heavy (non-hydrogen) atoms. The average molecular weight is 229 g/mol. The average Bonchev–Trinajstić information content (AvgIpc) is 2.27. The fourth-order valence-corrected chi connectivity index (χ4v) is 1.81. The van der Waals surface area contributed by atoms with Gasteiger partial charge in [0.25, 0.3) is 0 Å². The van der Waals surface area contributed by atoms with Gasteiger partial charge < -0.3 is 15.5 Å². The van der Waals surface area contributed by atoms with Crippen LogP contribution in [0.4, 0.5) is 5.95 Å². The van der Waals surface area contributed by atoms with Crippen LogP contribution in [0, 0.1) is 6.92 Å². The molecule has 0 aliphatic carbocycles. The second-order valence-electron chi connectivity index (χ2n) is 3.08. The number of nitrogens with zero attached hydrogens (tertiary/aromatic N) is 2. The van der Waals surface area contributed by atoms with Gasteiger partial charge >= 0.3 is 0 Å². The van der Waals surface area contributed by atoms with Crippen molar-refractivity contribution in [2.24, 2.45) is 0 Å². The van der Waals surface area contributed by atoms with Gasteiger partial charge in [0.2, 0.25) is 5.95 Å². The number of hydrogen-bond donors (Lipinski definition) is 3. The molecule has 0 saturated carbocycles. The molecule has 0 saturated heterocycles. The highest BCUT2D eigenvalue weighted by atomic mass is 32.2. The fourth-order valence-electron chi connectivity index (χ4n) is 0.921. The third-order valence-electron chi connectivity index (χ3n) is 1.77. The van der Waals surface area contributed by atoms with E-state index in [-0.39, 0.29) is 6.61 Å². The first-order valence-electron chi connectivity index (χ1n) is 4.60. The van der Waals surface area contributed by atoms with E-state index in [0.29, 0.717) is 11.7 Å². The number of aliphatic hydroxyl groups excluding tert-OH is 2. The van der Waals surface area contributed by atoms with Gasteiger partial charge in [-0.3, -0.25) is 0 Å². The molecule has 0 radical (unpaired) electrons. The van der Waals surface area contributed by atoms with E-state index in [1.807, 2.05) is 6.92 Å². The second kappa shape index (κ2) is 5.89. The predicted octanol–water partition coefficient (Wildman–Crippen LogP) is 0.272. The molecule has 0 fully saturated rings. The van der Waals surface area contributed by atoms with Crippen LogP contribution in [0.5, 0.6) is 0 Å². The van der Waals surface area contributed by atoms with E-state index in [9.17, 15) is 5.11 Å². The lowest BCUT2D eigenvalue weighted by molar-refractivity contribution is 0.113. The third-order valence-corrected chi connectivity index (χ3v) is 3.01. The van der Waals surface area contributed by atoms with Gasteiger partial charge in [0.1, 0.15) is 5.03 Å². The largest absolute Gasteiger partial charge is 0.394 e. The molecule has 1 heterocycles. The Labute approximate surface area is 93.0 Å². The highest BCUT2D eigenvalue weighted by molar-refractivity contribution is 7.99. The molecule has 1 rings (SSSR count). The van der Waals surface area contributed by atoms with Crippen LogP contribution in [0.15, 0.2) is 11.2 Å². The Balaban J connectivity index is 2.66. The Bertz CT molecular complexity index is 322. The summed E-state index contributed by atoms with van der Waals surface area (Å²) in [6, 6.07) is 0. The standard InChI is InChI=1S/C9H15N3O2S/c1-6-3-11-9(10-2)12-8(6)15-5-7(14)4-13/h3,7,13-14H,4-5H2,1-2H3,(H,10,11,12). The predicted molar refractivity (Wildman–Crippen MR) is 60.1 cm³/mol. The number of thioether (sulfide) groups is 1. The minimum absolute atomic E-state index is 0.226. The summed E-state index contributed by atoms with van der Waals surface area (Å²) in [6.45, 7) is 1.68. The topological polar surface area (TPSA) is 78.3 Å². The molecule has 5 nitrogen and oxygen atoms in total. The van der Waals surface area contributed by atoms with Crippen LogP contribution in [0.2, 0.25) is 0 Å². The molecule has 0 amide bonds. The number of anilines is 1. The SMILES string of the molecule is CNc1ncc(C)c(SCC(O)CO)n1. The maximum absolute atomic E-state index is 9.21. The molecular weight excluding hydrogens is 214 g/mol. The van der Waals surface area contributed by atoms with Crippen LogP contribution in [-0.2, 0) is 0 Å². The van der Waals surface area contributed by atoms with Gasteiger partial charge in [-0.25, -0.2) is 9.97 Å². The van der Waals surface area contributed by atoms with E-state index < -0.39 is 6.10 Å². The van der Waals surface area contributed by atoms with Crippen molar-refractivity contribution in [3.05, 3.63) is 11.8 Å². The molecule has 1 atom stereocenters. The lowest BCUT2D eigenvalue weighted by atomic mass is 10.4. The zero-order valence-electron chi connectivity index (χ0n) is 8.77. The van der Waals surface area contributed by atoms with E-state index in [1.165, 1.54) is 11.8 Å². The first kappa shape index (κ1) is 12.2. The first-order chi connectivity index (χ1) is 7.17. The van der Waals surface area contributed by atoms with Crippen molar-refractivity contribution in [1.82, 2.24) is 9.97 Å². The lowest BCUT2D eigenvalue weighted by Gasteiger charge is -2.08. The summed E-state index contributed by atoms with van der Waals surface area (Å²) in [5, 5.41) is 21.6. The number of nitrogens with one attached hydrogen (secondary N) is 1. The van der Waals surface area contributed by atoms with E-state index in [4.69, 9.17) is 5.11 Å². The summed E-state index contributed by atoms with van der Waals surface area (Å²) < 4.78 is 0. The number of aliphatic hydroxyl groups is 2.